The van der Waals surface area contributed by atoms with E-state index in [1.807, 2.05) is 13.1 Å². The quantitative estimate of drug-likeness (QED) is 0.921. The SMILES string of the molecule is Cc1cnn(CCC(=O)N2CCOc3ccccc3C2C(=O)O)c1. The number of amides is 1. The number of aromatic nitrogens is 2. The monoisotopic (exact) mass is 329 g/mol. The largest absolute Gasteiger partial charge is 0.491 e. The van der Waals surface area contributed by atoms with Crippen molar-refractivity contribution in [2.24, 2.45) is 0 Å². The van der Waals surface area contributed by atoms with E-state index in [1.54, 1.807) is 35.1 Å². The molecule has 1 aromatic heterocycles. The summed E-state index contributed by atoms with van der Waals surface area (Å²) in [6.45, 7) is 2.85. The van der Waals surface area contributed by atoms with Crippen LogP contribution in [0.15, 0.2) is 36.7 Å². The number of ether oxygens (including phenoxy) is 1. The highest BCUT2D eigenvalue weighted by molar-refractivity contribution is 5.85. The lowest BCUT2D eigenvalue weighted by Crippen LogP contribution is -2.40. The molecule has 0 aliphatic carbocycles. The van der Waals surface area contributed by atoms with E-state index in [0.29, 0.717) is 17.9 Å². The van der Waals surface area contributed by atoms with Gasteiger partial charge in [-0.05, 0) is 18.6 Å². The van der Waals surface area contributed by atoms with Crippen LogP contribution in [0.3, 0.4) is 0 Å². The third kappa shape index (κ3) is 3.24. The fourth-order valence-corrected chi connectivity index (χ4v) is 2.87. The molecule has 0 saturated heterocycles. The van der Waals surface area contributed by atoms with Crippen LogP contribution in [-0.2, 0) is 16.1 Å². The molecular formula is C17H19N3O4. The Bertz CT molecular complexity index is 756. The maximum absolute atomic E-state index is 12.6. The van der Waals surface area contributed by atoms with Crippen LogP contribution in [0, 0.1) is 6.92 Å². The number of hydrogen-bond donors (Lipinski definition) is 1. The van der Waals surface area contributed by atoms with Crippen LogP contribution in [0.5, 0.6) is 5.75 Å². The number of aliphatic carboxylic acids is 1. The normalized spacial score (nSPS) is 16.9. The zero-order valence-electron chi connectivity index (χ0n) is 13.4. The number of rotatable bonds is 4. The lowest BCUT2D eigenvalue weighted by atomic mass is 10.0. The average Bonchev–Trinajstić information content (AvgIpc) is 2.87. The lowest BCUT2D eigenvalue weighted by Gasteiger charge is -2.26. The Morgan fingerprint density at radius 2 is 2.17 bits per heavy atom. The van der Waals surface area contributed by atoms with E-state index in [0.717, 1.165) is 5.56 Å². The summed E-state index contributed by atoms with van der Waals surface area (Å²) in [4.78, 5) is 25.8. The van der Waals surface area contributed by atoms with Gasteiger partial charge in [-0.25, -0.2) is 4.79 Å². The molecule has 1 unspecified atom stereocenters. The number of benzene rings is 1. The second-order valence-corrected chi connectivity index (χ2v) is 5.74. The summed E-state index contributed by atoms with van der Waals surface area (Å²) < 4.78 is 7.29. The van der Waals surface area contributed by atoms with Gasteiger partial charge in [0.2, 0.25) is 5.91 Å². The first-order chi connectivity index (χ1) is 11.6. The van der Waals surface area contributed by atoms with Crippen LogP contribution in [-0.4, -0.2) is 44.8 Å². The molecule has 1 aliphatic heterocycles. The van der Waals surface area contributed by atoms with Gasteiger partial charge in [-0.3, -0.25) is 9.48 Å². The molecule has 0 bridgehead atoms. The number of carboxylic acid groups (broad SMARTS) is 1. The average molecular weight is 329 g/mol. The van der Waals surface area contributed by atoms with E-state index in [1.165, 1.54) is 4.90 Å². The topological polar surface area (TPSA) is 84.7 Å². The van der Waals surface area contributed by atoms with Crippen molar-refractivity contribution in [2.75, 3.05) is 13.2 Å². The van der Waals surface area contributed by atoms with Crippen LogP contribution >= 0.6 is 0 Å². The first-order valence-electron chi connectivity index (χ1n) is 7.79. The molecule has 2 heterocycles. The van der Waals surface area contributed by atoms with Crippen molar-refractivity contribution in [2.45, 2.75) is 25.9 Å². The minimum absolute atomic E-state index is 0.188. The molecule has 1 atom stereocenters. The smallest absolute Gasteiger partial charge is 0.331 e. The first kappa shape index (κ1) is 16.0. The second-order valence-electron chi connectivity index (χ2n) is 5.74. The molecule has 7 heteroatoms. The predicted octanol–water partition coefficient (Wildman–Crippen LogP) is 1.63. The number of carboxylic acids is 1. The van der Waals surface area contributed by atoms with Gasteiger partial charge in [0.15, 0.2) is 6.04 Å². The van der Waals surface area contributed by atoms with Crippen molar-refractivity contribution in [3.63, 3.8) is 0 Å². The molecule has 0 radical (unpaired) electrons. The van der Waals surface area contributed by atoms with Crippen molar-refractivity contribution in [3.05, 3.63) is 47.8 Å². The molecule has 0 fully saturated rings. The highest BCUT2D eigenvalue weighted by atomic mass is 16.5. The molecule has 3 rings (SSSR count). The minimum Gasteiger partial charge on any atom is -0.491 e. The van der Waals surface area contributed by atoms with Crippen molar-refractivity contribution in [3.8, 4) is 5.75 Å². The van der Waals surface area contributed by atoms with Gasteiger partial charge in [0.05, 0.1) is 12.7 Å². The Morgan fingerprint density at radius 3 is 2.88 bits per heavy atom. The number of carbonyl (C=O) groups is 2. The third-order valence-corrected chi connectivity index (χ3v) is 3.99. The number of fused-ring (bicyclic) bond motifs is 1. The summed E-state index contributed by atoms with van der Waals surface area (Å²) in [5, 5.41) is 13.8. The van der Waals surface area contributed by atoms with Crippen LogP contribution < -0.4 is 4.74 Å². The van der Waals surface area contributed by atoms with Crippen LogP contribution in [0.1, 0.15) is 23.6 Å². The summed E-state index contributed by atoms with van der Waals surface area (Å²) in [5.41, 5.74) is 1.52. The molecule has 7 nitrogen and oxygen atoms in total. The Hall–Kier alpha value is -2.83. The summed E-state index contributed by atoms with van der Waals surface area (Å²) >= 11 is 0. The van der Waals surface area contributed by atoms with Gasteiger partial charge in [-0.2, -0.15) is 5.10 Å². The lowest BCUT2D eigenvalue weighted by molar-refractivity contribution is -0.150. The first-order valence-corrected chi connectivity index (χ1v) is 7.79. The standard InChI is InChI=1S/C17H19N3O4/c1-12-10-18-19(11-12)7-6-15(21)20-8-9-24-14-5-3-2-4-13(14)16(20)17(22)23/h2-5,10-11,16H,6-9H2,1H3,(H,22,23). The van der Waals surface area contributed by atoms with Gasteiger partial charge < -0.3 is 14.7 Å². The summed E-state index contributed by atoms with van der Waals surface area (Å²) in [6.07, 6.45) is 3.76. The predicted molar refractivity (Wildman–Crippen MR) is 85.6 cm³/mol. The molecule has 0 spiro atoms. The number of nitrogens with zero attached hydrogens (tertiary/aromatic N) is 3. The Kier molecular flexibility index (Phi) is 4.50. The summed E-state index contributed by atoms with van der Waals surface area (Å²) in [5.74, 6) is -0.769. The third-order valence-electron chi connectivity index (χ3n) is 3.99. The van der Waals surface area contributed by atoms with E-state index in [4.69, 9.17) is 4.74 Å². The van der Waals surface area contributed by atoms with E-state index in [-0.39, 0.29) is 25.5 Å². The Balaban J connectivity index is 1.80. The zero-order chi connectivity index (χ0) is 17.1. The second kappa shape index (κ2) is 6.74. The van der Waals surface area contributed by atoms with E-state index in [2.05, 4.69) is 5.10 Å². The molecule has 126 valence electrons. The maximum atomic E-state index is 12.6. The Morgan fingerprint density at radius 1 is 1.38 bits per heavy atom. The maximum Gasteiger partial charge on any atom is 0.331 e. The number of hydrogen-bond acceptors (Lipinski definition) is 4. The van der Waals surface area contributed by atoms with Crippen molar-refractivity contribution >= 4 is 11.9 Å². The van der Waals surface area contributed by atoms with Gasteiger partial charge >= 0.3 is 5.97 Å². The van der Waals surface area contributed by atoms with Crippen molar-refractivity contribution in [1.29, 1.82) is 0 Å². The highest BCUT2D eigenvalue weighted by Crippen LogP contribution is 2.32. The van der Waals surface area contributed by atoms with Gasteiger partial charge in [-0.15, -0.1) is 0 Å². The van der Waals surface area contributed by atoms with Gasteiger partial charge in [0.1, 0.15) is 12.4 Å². The fourth-order valence-electron chi connectivity index (χ4n) is 2.87. The fraction of sp³-hybridized carbons (Fsp3) is 0.353. The molecule has 1 aliphatic rings. The van der Waals surface area contributed by atoms with Crippen LogP contribution in [0.25, 0.3) is 0 Å². The van der Waals surface area contributed by atoms with E-state index < -0.39 is 12.0 Å². The Labute approximate surface area is 139 Å². The molecular weight excluding hydrogens is 310 g/mol. The van der Waals surface area contributed by atoms with Crippen LogP contribution in [0.2, 0.25) is 0 Å². The molecule has 24 heavy (non-hydrogen) atoms. The van der Waals surface area contributed by atoms with E-state index >= 15 is 0 Å². The summed E-state index contributed by atoms with van der Waals surface area (Å²) in [7, 11) is 0. The van der Waals surface area contributed by atoms with Crippen molar-refractivity contribution in [1.82, 2.24) is 14.7 Å². The van der Waals surface area contributed by atoms with Crippen molar-refractivity contribution < 1.29 is 19.4 Å². The van der Waals surface area contributed by atoms with E-state index in [9.17, 15) is 14.7 Å². The van der Waals surface area contributed by atoms with Gasteiger partial charge in [0, 0.05) is 24.7 Å². The van der Waals surface area contributed by atoms with Gasteiger partial charge in [-0.1, -0.05) is 18.2 Å². The number of carbonyl (C=O) groups excluding carboxylic acids is 1. The van der Waals surface area contributed by atoms with Gasteiger partial charge in [0.25, 0.3) is 0 Å². The molecule has 1 N–H and O–H groups in total. The zero-order valence-corrected chi connectivity index (χ0v) is 13.4. The number of para-hydroxylation sites is 1. The molecule has 1 amide bonds. The minimum atomic E-state index is -1.06. The molecule has 1 aromatic carbocycles. The summed E-state index contributed by atoms with van der Waals surface area (Å²) in [6, 6.07) is 5.92. The molecule has 2 aromatic rings. The van der Waals surface area contributed by atoms with Crippen LogP contribution in [0.4, 0.5) is 0 Å². The highest BCUT2D eigenvalue weighted by Gasteiger charge is 2.34. The number of aryl methyl sites for hydroxylation is 2. The molecule has 0 saturated carbocycles.